The second kappa shape index (κ2) is 8.96. The lowest BCUT2D eigenvalue weighted by molar-refractivity contribution is -0.124. The van der Waals surface area contributed by atoms with E-state index >= 15 is 0 Å². The number of rotatable bonds is 6. The van der Waals surface area contributed by atoms with Gasteiger partial charge in [0.15, 0.2) is 0 Å². The fourth-order valence-corrected chi connectivity index (χ4v) is 3.30. The fourth-order valence-electron chi connectivity index (χ4n) is 2.82. The Balaban J connectivity index is 1.48. The molecule has 1 heterocycles. The summed E-state index contributed by atoms with van der Waals surface area (Å²) in [6.07, 6.45) is 2.40. The Morgan fingerprint density at radius 2 is 1.73 bits per heavy atom. The van der Waals surface area contributed by atoms with Gasteiger partial charge in [-0.1, -0.05) is 34.1 Å². The molecular weight excluding hydrogens is 396 g/mol. The summed E-state index contributed by atoms with van der Waals surface area (Å²) in [5.74, 6) is -0.162. The summed E-state index contributed by atoms with van der Waals surface area (Å²) < 4.78 is 6.38. The summed E-state index contributed by atoms with van der Waals surface area (Å²) in [7, 11) is 0. The molecular formula is C20H21BrN2O3. The predicted octanol–water partition coefficient (Wildman–Crippen LogP) is 4.14. The maximum atomic E-state index is 12.1. The lowest BCUT2D eigenvalue weighted by Crippen LogP contribution is -2.26. The van der Waals surface area contributed by atoms with E-state index in [0.29, 0.717) is 30.8 Å². The third-order valence-electron chi connectivity index (χ3n) is 4.24. The molecule has 1 saturated heterocycles. The molecule has 1 atom stereocenters. The van der Waals surface area contributed by atoms with Crippen LogP contribution in [0.4, 0.5) is 11.4 Å². The third kappa shape index (κ3) is 5.16. The van der Waals surface area contributed by atoms with Crippen LogP contribution in [0.25, 0.3) is 0 Å². The molecule has 1 aliphatic rings. The number of carbonyl (C=O) groups excluding carboxylic acids is 2. The van der Waals surface area contributed by atoms with E-state index in [1.165, 1.54) is 0 Å². The van der Waals surface area contributed by atoms with Crippen LogP contribution in [0.1, 0.15) is 24.8 Å². The molecule has 0 bridgehead atoms. The fraction of sp³-hybridized carbons (Fsp3) is 0.300. The Morgan fingerprint density at radius 1 is 1.04 bits per heavy atom. The Labute approximate surface area is 161 Å². The molecule has 1 fully saturated rings. The van der Waals surface area contributed by atoms with E-state index in [1.54, 1.807) is 24.3 Å². The maximum absolute atomic E-state index is 12.1. The molecule has 0 aliphatic carbocycles. The van der Waals surface area contributed by atoms with Gasteiger partial charge >= 0.3 is 0 Å². The van der Waals surface area contributed by atoms with Crippen LogP contribution in [0, 0.1) is 0 Å². The van der Waals surface area contributed by atoms with E-state index in [-0.39, 0.29) is 17.9 Å². The minimum atomic E-state index is -0.355. The number of amides is 2. The van der Waals surface area contributed by atoms with E-state index in [9.17, 15) is 9.59 Å². The number of anilines is 2. The van der Waals surface area contributed by atoms with Gasteiger partial charge in [-0.05, 0) is 55.2 Å². The maximum Gasteiger partial charge on any atom is 0.253 e. The highest BCUT2D eigenvalue weighted by Gasteiger charge is 2.23. The quantitative estimate of drug-likeness (QED) is 0.743. The van der Waals surface area contributed by atoms with Crippen molar-refractivity contribution in [1.82, 2.24) is 0 Å². The minimum absolute atomic E-state index is 0.0445. The standard InChI is InChI=1S/C20H21BrN2O3/c21-17-5-2-1-4-14(17)7-12-19(24)22-15-8-10-16(11-9-15)23-20(25)18-6-3-13-26-18/h1-2,4-5,8-11,18H,3,6-7,12-13H2,(H,22,24)(H,23,25). The highest BCUT2D eigenvalue weighted by molar-refractivity contribution is 9.10. The monoisotopic (exact) mass is 416 g/mol. The van der Waals surface area contributed by atoms with Crippen LogP contribution in [-0.2, 0) is 20.7 Å². The number of ether oxygens (including phenoxy) is 1. The second-order valence-corrected chi connectivity index (χ2v) is 7.06. The van der Waals surface area contributed by atoms with Gasteiger partial charge in [0.25, 0.3) is 5.91 Å². The molecule has 26 heavy (non-hydrogen) atoms. The lowest BCUT2D eigenvalue weighted by atomic mass is 10.1. The molecule has 2 N–H and O–H groups in total. The molecule has 3 rings (SSSR count). The summed E-state index contributed by atoms with van der Waals surface area (Å²) in [4.78, 5) is 24.1. The predicted molar refractivity (Wildman–Crippen MR) is 105 cm³/mol. The second-order valence-electron chi connectivity index (χ2n) is 6.21. The van der Waals surface area contributed by atoms with Crippen molar-refractivity contribution in [3.05, 3.63) is 58.6 Å². The van der Waals surface area contributed by atoms with Crippen LogP contribution in [0.15, 0.2) is 53.0 Å². The van der Waals surface area contributed by atoms with E-state index < -0.39 is 0 Å². The Morgan fingerprint density at radius 3 is 2.38 bits per heavy atom. The molecule has 0 saturated carbocycles. The minimum Gasteiger partial charge on any atom is -0.368 e. The number of aryl methyl sites for hydroxylation is 1. The van der Waals surface area contributed by atoms with Crippen molar-refractivity contribution in [3.8, 4) is 0 Å². The molecule has 1 aliphatic heterocycles. The zero-order valence-electron chi connectivity index (χ0n) is 14.3. The summed E-state index contributed by atoms with van der Waals surface area (Å²) in [6, 6.07) is 15.0. The third-order valence-corrected chi connectivity index (χ3v) is 5.01. The highest BCUT2D eigenvalue weighted by atomic mass is 79.9. The average Bonchev–Trinajstić information content (AvgIpc) is 3.17. The molecule has 5 nitrogen and oxygen atoms in total. The van der Waals surface area contributed by atoms with E-state index in [2.05, 4.69) is 26.6 Å². The van der Waals surface area contributed by atoms with Crippen molar-refractivity contribution in [3.63, 3.8) is 0 Å². The van der Waals surface area contributed by atoms with Crippen molar-refractivity contribution in [1.29, 1.82) is 0 Å². The molecule has 1 unspecified atom stereocenters. The highest BCUT2D eigenvalue weighted by Crippen LogP contribution is 2.19. The van der Waals surface area contributed by atoms with Crippen LogP contribution in [0.5, 0.6) is 0 Å². The number of nitrogens with one attached hydrogen (secondary N) is 2. The zero-order chi connectivity index (χ0) is 18.4. The smallest absolute Gasteiger partial charge is 0.253 e. The summed E-state index contributed by atoms with van der Waals surface area (Å²) in [5.41, 5.74) is 2.50. The molecule has 0 radical (unpaired) electrons. The van der Waals surface area contributed by atoms with Crippen molar-refractivity contribution in [2.45, 2.75) is 31.8 Å². The Bertz CT molecular complexity index is 771. The zero-order valence-corrected chi connectivity index (χ0v) is 15.9. The van der Waals surface area contributed by atoms with Gasteiger partial charge in [-0.2, -0.15) is 0 Å². The number of halogens is 1. The van der Waals surface area contributed by atoms with Crippen molar-refractivity contribution in [2.24, 2.45) is 0 Å². The van der Waals surface area contributed by atoms with Crippen LogP contribution in [-0.4, -0.2) is 24.5 Å². The van der Waals surface area contributed by atoms with E-state index in [4.69, 9.17) is 4.74 Å². The first-order chi connectivity index (χ1) is 12.6. The van der Waals surface area contributed by atoms with Gasteiger partial charge in [-0.3, -0.25) is 9.59 Å². The van der Waals surface area contributed by atoms with Gasteiger partial charge in [-0.25, -0.2) is 0 Å². The lowest BCUT2D eigenvalue weighted by Gasteiger charge is -2.11. The normalized spacial score (nSPS) is 16.3. The largest absolute Gasteiger partial charge is 0.368 e. The molecule has 2 aromatic carbocycles. The SMILES string of the molecule is O=C(CCc1ccccc1Br)Nc1ccc(NC(=O)C2CCCO2)cc1. The van der Waals surface area contributed by atoms with E-state index in [0.717, 1.165) is 22.9 Å². The number of carbonyl (C=O) groups is 2. The molecule has 0 spiro atoms. The van der Waals surface area contributed by atoms with Gasteiger partial charge in [0, 0.05) is 28.9 Å². The van der Waals surface area contributed by atoms with Gasteiger partial charge < -0.3 is 15.4 Å². The summed E-state index contributed by atoms with van der Waals surface area (Å²) >= 11 is 3.49. The number of benzene rings is 2. The van der Waals surface area contributed by atoms with Gasteiger partial charge in [0.2, 0.25) is 5.91 Å². The molecule has 136 valence electrons. The first kappa shape index (κ1) is 18.6. The molecule has 2 amide bonds. The van der Waals surface area contributed by atoms with Gasteiger partial charge in [0.1, 0.15) is 6.10 Å². The van der Waals surface area contributed by atoms with Crippen molar-refractivity contribution < 1.29 is 14.3 Å². The number of hydrogen-bond donors (Lipinski definition) is 2. The average molecular weight is 417 g/mol. The van der Waals surface area contributed by atoms with Crippen LogP contribution < -0.4 is 10.6 Å². The van der Waals surface area contributed by atoms with Gasteiger partial charge in [-0.15, -0.1) is 0 Å². The topological polar surface area (TPSA) is 67.4 Å². The van der Waals surface area contributed by atoms with Crippen LogP contribution >= 0.6 is 15.9 Å². The van der Waals surface area contributed by atoms with Crippen molar-refractivity contribution in [2.75, 3.05) is 17.2 Å². The first-order valence-corrected chi connectivity index (χ1v) is 9.47. The van der Waals surface area contributed by atoms with E-state index in [1.807, 2.05) is 24.3 Å². The first-order valence-electron chi connectivity index (χ1n) is 8.67. The van der Waals surface area contributed by atoms with Crippen molar-refractivity contribution >= 4 is 39.1 Å². The Kier molecular flexibility index (Phi) is 6.41. The number of hydrogen-bond acceptors (Lipinski definition) is 3. The van der Waals surface area contributed by atoms with Crippen LogP contribution in [0.2, 0.25) is 0 Å². The molecule has 2 aromatic rings. The molecule has 6 heteroatoms. The molecule has 0 aromatic heterocycles. The summed E-state index contributed by atoms with van der Waals surface area (Å²) in [5, 5.41) is 5.71. The van der Waals surface area contributed by atoms with Crippen LogP contribution in [0.3, 0.4) is 0 Å². The Hall–Kier alpha value is -2.18. The summed E-state index contributed by atoms with van der Waals surface area (Å²) in [6.45, 7) is 0.641. The van der Waals surface area contributed by atoms with Gasteiger partial charge in [0.05, 0.1) is 0 Å².